The first-order valence-electron chi connectivity index (χ1n) is 6.98. The van der Waals surface area contributed by atoms with Crippen molar-refractivity contribution < 1.29 is 8.42 Å². The number of hydrogen-bond acceptors (Lipinski definition) is 3. The number of sulfonamides is 1. The van der Waals surface area contributed by atoms with E-state index in [0.29, 0.717) is 5.69 Å². The molecule has 0 unspecified atom stereocenters. The molecule has 3 rings (SSSR count). The van der Waals surface area contributed by atoms with Crippen molar-refractivity contribution in [3.63, 3.8) is 0 Å². The second-order valence-electron chi connectivity index (χ2n) is 5.29. The highest BCUT2D eigenvalue weighted by Crippen LogP contribution is 2.29. The lowest BCUT2D eigenvalue weighted by atomic mass is 10.0. The third-order valence-corrected chi connectivity index (χ3v) is 5.13. The molecule has 1 aliphatic heterocycles. The zero-order chi connectivity index (χ0) is 14.9. The van der Waals surface area contributed by atoms with Crippen molar-refractivity contribution in [1.82, 2.24) is 0 Å². The number of hydrogen-bond donors (Lipinski definition) is 1. The topological polar surface area (TPSA) is 49.4 Å². The molecule has 0 aromatic heterocycles. The van der Waals surface area contributed by atoms with E-state index >= 15 is 0 Å². The fraction of sp³-hybridized carbons (Fsp3) is 0.250. The summed E-state index contributed by atoms with van der Waals surface area (Å²) in [5, 5.41) is 0. The van der Waals surface area contributed by atoms with Crippen molar-refractivity contribution in [2.24, 2.45) is 0 Å². The minimum absolute atomic E-state index is 0.278. The lowest BCUT2D eigenvalue weighted by molar-refractivity contribution is 0.601. The molecule has 0 atom stereocenters. The van der Waals surface area contributed by atoms with E-state index < -0.39 is 10.0 Å². The Morgan fingerprint density at radius 1 is 1.10 bits per heavy atom. The van der Waals surface area contributed by atoms with E-state index in [1.165, 1.54) is 11.3 Å². The lowest BCUT2D eigenvalue weighted by Crippen LogP contribution is -2.24. The Morgan fingerprint density at radius 3 is 2.62 bits per heavy atom. The van der Waals surface area contributed by atoms with Crippen LogP contribution in [0.25, 0.3) is 0 Å². The van der Waals surface area contributed by atoms with Gasteiger partial charge in [0.1, 0.15) is 0 Å². The molecule has 110 valence electrons. The number of nitrogens with zero attached hydrogens (tertiary/aromatic N) is 1. The highest BCUT2D eigenvalue weighted by molar-refractivity contribution is 7.92. The van der Waals surface area contributed by atoms with Crippen LogP contribution in [-0.2, 0) is 16.4 Å². The predicted octanol–water partition coefficient (Wildman–Crippen LogP) is 2.87. The number of anilines is 2. The van der Waals surface area contributed by atoms with Crippen LogP contribution in [0.2, 0.25) is 0 Å². The van der Waals surface area contributed by atoms with E-state index in [2.05, 4.69) is 16.7 Å². The minimum atomic E-state index is -3.52. The number of aryl methyl sites for hydroxylation is 1. The molecule has 2 aromatic carbocycles. The summed E-state index contributed by atoms with van der Waals surface area (Å²) >= 11 is 0. The van der Waals surface area contributed by atoms with Crippen molar-refractivity contribution in [2.45, 2.75) is 17.7 Å². The van der Waals surface area contributed by atoms with E-state index in [-0.39, 0.29) is 4.90 Å². The Hall–Kier alpha value is -2.01. The van der Waals surface area contributed by atoms with Crippen LogP contribution in [0.3, 0.4) is 0 Å². The molecule has 5 heteroatoms. The summed E-state index contributed by atoms with van der Waals surface area (Å²) in [5.41, 5.74) is 2.99. The molecule has 1 aliphatic rings. The van der Waals surface area contributed by atoms with Gasteiger partial charge in [0.05, 0.1) is 4.90 Å². The van der Waals surface area contributed by atoms with Crippen molar-refractivity contribution in [2.75, 3.05) is 23.2 Å². The van der Waals surface area contributed by atoms with Gasteiger partial charge in [-0.25, -0.2) is 8.42 Å². The fourth-order valence-electron chi connectivity index (χ4n) is 2.66. The zero-order valence-corrected chi connectivity index (χ0v) is 12.7. The normalized spacial score (nSPS) is 14.6. The van der Waals surface area contributed by atoms with Crippen molar-refractivity contribution >= 4 is 21.4 Å². The first-order valence-corrected chi connectivity index (χ1v) is 8.46. The van der Waals surface area contributed by atoms with Crippen LogP contribution >= 0.6 is 0 Å². The number of rotatable bonds is 3. The highest BCUT2D eigenvalue weighted by atomic mass is 32.2. The Morgan fingerprint density at radius 2 is 1.86 bits per heavy atom. The van der Waals surface area contributed by atoms with Gasteiger partial charge in [0.15, 0.2) is 0 Å². The van der Waals surface area contributed by atoms with Crippen molar-refractivity contribution in [1.29, 1.82) is 0 Å². The molecule has 21 heavy (non-hydrogen) atoms. The van der Waals surface area contributed by atoms with Crippen LogP contribution in [0.4, 0.5) is 11.4 Å². The maximum atomic E-state index is 12.3. The molecule has 2 aromatic rings. The average molecular weight is 302 g/mol. The fourth-order valence-corrected chi connectivity index (χ4v) is 3.73. The predicted molar refractivity (Wildman–Crippen MR) is 85.3 cm³/mol. The van der Waals surface area contributed by atoms with E-state index in [9.17, 15) is 8.42 Å². The van der Waals surface area contributed by atoms with E-state index in [0.717, 1.165) is 19.4 Å². The summed E-state index contributed by atoms with van der Waals surface area (Å²) in [7, 11) is -1.46. The maximum absolute atomic E-state index is 12.3. The number of benzene rings is 2. The lowest BCUT2D eigenvalue weighted by Gasteiger charge is -2.27. The second-order valence-corrected chi connectivity index (χ2v) is 6.97. The molecule has 4 nitrogen and oxygen atoms in total. The largest absolute Gasteiger partial charge is 0.374 e. The van der Waals surface area contributed by atoms with Gasteiger partial charge < -0.3 is 4.90 Å². The standard InChI is InChI=1S/C16H18N2O2S/c1-18-11-5-6-13-12-14(9-10-16(13)18)17-21(19,20)15-7-3-2-4-8-15/h2-4,7-10,12,17H,5-6,11H2,1H3. The van der Waals surface area contributed by atoms with E-state index in [1.807, 2.05) is 18.2 Å². The molecule has 0 amide bonds. The second kappa shape index (κ2) is 5.41. The summed E-state index contributed by atoms with van der Waals surface area (Å²) in [6, 6.07) is 14.2. The van der Waals surface area contributed by atoms with Gasteiger partial charge in [-0.3, -0.25) is 4.72 Å². The minimum Gasteiger partial charge on any atom is -0.374 e. The van der Waals surface area contributed by atoms with Crippen LogP contribution < -0.4 is 9.62 Å². The van der Waals surface area contributed by atoms with Gasteiger partial charge in [0, 0.05) is 25.0 Å². The van der Waals surface area contributed by atoms with Crippen molar-refractivity contribution in [3.8, 4) is 0 Å². The Kier molecular flexibility index (Phi) is 3.59. The summed E-state index contributed by atoms with van der Waals surface area (Å²) in [4.78, 5) is 2.48. The number of nitrogens with one attached hydrogen (secondary N) is 1. The van der Waals surface area contributed by atoms with Crippen molar-refractivity contribution in [3.05, 3.63) is 54.1 Å². The molecule has 0 saturated carbocycles. The Balaban J connectivity index is 1.89. The molecule has 1 heterocycles. The first kappa shape index (κ1) is 13.9. The van der Waals surface area contributed by atoms with E-state index in [1.54, 1.807) is 30.3 Å². The van der Waals surface area contributed by atoms with Crippen LogP contribution in [0.5, 0.6) is 0 Å². The molecule has 0 aliphatic carbocycles. The van der Waals surface area contributed by atoms with Gasteiger partial charge >= 0.3 is 0 Å². The maximum Gasteiger partial charge on any atom is 0.261 e. The average Bonchev–Trinajstić information content (AvgIpc) is 2.48. The van der Waals surface area contributed by atoms with Gasteiger partial charge in [0.2, 0.25) is 0 Å². The molecule has 0 spiro atoms. The first-order chi connectivity index (χ1) is 10.1. The smallest absolute Gasteiger partial charge is 0.261 e. The van der Waals surface area contributed by atoms with E-state index in [4.69, 9.17) is 0 Å². The molecule has 0 saturated heterocycles. The van der Waals surface area contributed by atoms with Gasteiger partial charge in [-0.1, -0.05) is 18.2 Å². The molecule has 0 fully saturated rings. The molecular weight excluding hydrogens is 284 g/mol. The summed E-state index contributed by atoms with van der Waals surface area (Å²) in [5.74, 6) is 0. The molecule has 0 radical (unpaired) electrons. The molecule has 0 bridgehead atoms. The van der Waals surface area contributed by atoms with Crippen LogP contribution in [0.15, 0.2) is 53.4 Å². The van der Waals surface area contributed by atoms with Crippen LogP contribution in [0.1, 0.15) is 12.0 Å². The zero-order valence-electron chi connectivity index (χ0n) is 11.9. The van der Waals surface area contributed by atoms with Crippen LogP contribution in [-0.4, -0.2) is 22.0 Å². The Bertz CT molecular complexity index is 742. The summed E-state index contributed by atoms with van der Waals surface area (Å²) in [6.07, 6.45) is 2.08. The Labute approximate surface area is 125 Å². The van der Waals surface area contributed by atoms with Gasteiger partial charge in [0.25, 0.3) is 10.0 Å². The number of fused-ring (bicyclic) bond motifs is 1. The van der Waals surface area contributed by atoms with Gasteiger partial charge in [-0.15, -0.1) is 0 Å². The van der Waals surface area contributed by atoms with Gasteiger partial charge in [-0.05, 0) is 48.7 Å². The third kappa shape index (κ3) is 2.88. The summed E-state index contributed by atoms with van der Waals surface area (Å²) < 4.78 is 27.3. The highest BCUT2D eigenvalue weighted by Gasteiger charge is 2.17. The monoisotopic (exact) mass is 302 g/mol. The SMILES string of the molecule is CN1CCCc2cc(NS(=O)(=O)c3ccccc3)ccc21. The molecule has 1 N–H and O–H groups in total. The quantitative estimate of drug-likeness (QED) is 0.948. The molecular formula is C16H18N2O2S. The third-order valence-electron chi connectivity index (χ3n) is 3.74. The summed E-state index contributed by atoms with van der Waals surface area (Å²) in [6.45, 7) is 1.04. The van der Waals surface area contributed by atoms with Crippen LogP contribution in [0, 0.1) is 0 Å². The van der Waals surface area contributed by atoms with Gasteiger partial charge in [-0.2, -0.15) is 0 Å².